The smallest absolute Gasteiger partial charge is 0.411 e. The van der Waals surface area contributed by atoms with Gasteiger partial charge in [0.15, 0.2) is 5.75 Å². The largest absolute Gasteiger partial charge is 0.487 e. The number of alkyl halides is 3. The van der Waals surface area contributed by atoms with Crippen LogP contribution in [0.25, 0.3) is 0 Å². The van der Waals surface area contributed by atoms with Crippen LogP contribution in [0.1, 0.15) is 26.2 Å². The van der Waals surface area contributed by atoms with E-state index in [2.05, 4.69) is 5.32 Å². The fourth-order valence-electron chi connectivity index (χ4n) is 2.00. The van der Waals surface area contributed by atoms with Crippen molar-refractivity contribution in [1.29, 1.82) is 0 Å². The number of para-hydroxylation sites is 1. The van der Waals surface area contributed by atoms with Crippen LogP contribution < -0.4 is 10.1 Å². The van der Waals surface area contributed by atoms with Gasteiger partial charge >= 0.3 is 11.9 Å². The third kappa shape index (κ3) is 3.03. The first-order chi connectivity index (χ1) is 9.81. The van der Waals surface area contributed by atoms with Crippen molar-refractivity contribution >= 4 is 11.4 Å². The minimum atomic E-state index is -4.44. The molecular formula is C13H15F3N2O3. The molecule has 21 heavy (non-hydrogen) atoms. The number of ether oxygens (including phenoxy) is 1. The van der Waals surface area contributed by atoms with Gasteiger partial charge in [0, 0.05) is 0 Å². The number of nitro groups is 1. The first kappa shape index (κ1) is 15.4. The molecular weight excluding hydrogens is 289 g/mol. The minimum absolute atomic E-state index is 0.0233. The summed E-state index contributed by atoms with van der Waals surface area (Å²) in [6.45, 7) is 2.09. The molecule has 0 atom stereocenters. The van der Waals surface area contributed by atoms with E-state index in [1.807, 2.05) is 6.92 Å². The molecule has 0 saturated heterocycles. The predicted molar refractivity (Wildman–Crippen MR) is 70.5 cm³/mol. The number of hydrogen-bond acceptors (Lipinski definition) is 4. The molecule has 0 unspecified atom stereocenters. The van der Waals surface area contributed by atoms with Gasteiger partial charge in [-0.15, -0.1) is 0 Å². The summed E-state index contributed by atoms with van der Waals surface area (Å²) in [6.07, 6.45) is -3.98. The van der Waals surface area contributed by atoms with Gasteiger partial charge in [-0.2, -0.15) is 13.2 Å². The molecule has 8 heteroatoms. The van der Waals surface area contributed by atoms with E-state index in [-0.39, 0.29) is 30.9 Å². The van der Waals surface area contributed by atoms with Gasteiger partial charge in [-0.1, -0.05) is 13.0 Å². The normalized spacial score (nSPS) is 16.4. The van der Waals surface area contributed by atoms with Crippen molar-refractivity contribution in [2.24, 2.45) is 0 Å². The summed E-state index contributed by atoms with van der Waals surface area (Å²) in [6, 6.07) is 4.08. The molecule has 0 heterocycles. The molecule has 0 aromatic heterocycles. The first-order valence-corrected chi connectivity index (χ1v) is 6.56. The summed E-state index contributed by atoms with van der Waals surface area (Å²) in [4.78, 5) is 10.4. The minimum Gasteiger partial charge on any atom is -0.487 e. The van der Waals surface area contributed by atoms with E-state index in [4.69, 9.17) is 4.74 Å². The number of nitrogens with zero attached hydrogens (tertiary/aromatic N) is 1. The lowest BCUT2D eigenvalue weighted by molar-refractivity contribution is -0.385. The predicted octanol–water partition coefficient (Wildman–Crippen LogP) is 3.89. The molecule has 5 nitrogen and oxygen atoms in total. The first-order valence-electron chi connectivity index (χ1n) is 6.56. The molecule has 0 amide bonds. The van der Waals surface area contributed by atoms with Gasteiger partial charge in [0.25, 0.3) is 0 Å². The van der Waals surface area contributed by atoms with E-state index in [9.17, 15) is 23.3 Å². The monoisotopic (exact) mass is 304 g/mol. The molecule has 1 N–H and O–H groups in total. The van der Waals surface area contributed by atoms with E-state index in [0.717, 1.165) is 0 Å². The van der Waals surface area contributed by atoms with Crippen molar-refractivity contribution in [3.05, 3.63) is 28.3 Å². The second-order valence-corrected chi connectivity index (χ2v) is 4.96. The van der Waals surface area contributed by atoms with Gasteiger partial charge in [0.1, 0.15) is 11.2 Å². The zero-order chi connectivity index (χ0) is 15.7. The number of nitro benzene ring substituents is 1. The summed E-state index contributed by atoms with van der Waals surface area (Å²) in [5.41, 5.74) is -2.67. The second kappa shape index (κ2) is 5.42. The standard InChI is InChI=1S/C13H15F3N2O3/c1-2-8-21-10-5-3-4-9(11(10)18(19)20)17-12(6-7-12)13(14,15)16/h3-5,17H,2,6-8H2,1H3. The highest BCUT2D eigenvalue weighted by molar-refractivity contribution is 5.70. The highest BCUT2D eigenvalue weighted by Crippen LogP contribution is 2.52. The molecule has 0 radical (unpaired) electrons. The van der Waals surface area contributed by atoms with Gasteiger partial charge in [0.05, 0.1) is 11.5 Å². The van der Waals surface area contributed by atoms with Crippen LogP contribution in [0.4, 0.5) is 24.5 Å². The molecule has 0 spiro atoms. The molecule has 0 bridgehead atoms. The second-order valence-electron chi connectivity index (χ2n) is 4.96. The maximum Gasteiger partial charge on any atom is 0.411 e. The lowest BCUT2D eigenvalue weighted by atomic mass is 10.2. The van der Waals surface area contributed by atoms with Crippen molar-refractivity contribution in [3.63, 3.8) is 0 Å². The fourth-order valence-corrected chi connectivity index (χ4v) is 2.00. The summed E-state index contributed by atoms with van der Waals surface area (Å²) >= 11 is 0. The Morgan fingerprint density at radius 1 is 1.43 bits per heavy atom. The SMILES string of the molecule is CCCOc1cccc(NC2(C(F)(F)F)CC2)c1[N+](=O)[O-]. The average Bonchev–Trinajstić information content (AvgIpc) is 3.16. The van der Waals surface area contributed by atoms with Crippen LogP contribution in [0.2, 0.25) is 0 Å². The Bertz CT molecular complexity index is 542. The van der Waals surface area contributed by atoms with Crippen LogP contribution in [0, 0.1) is 10.1 Å². The molecule has 2 rings (SSSR count). The van der Waals surface area contributed by atoms with Gasteiger partial charge in [-0.05, 0) is 31.4 Å². The highest BCUT2D eigenvalue weighted by Gasteiger charge is 2.64. The van der Waals surface area contributed by atoms with E-state index >= 15 is 0 Å². The van der Waals surface area contributed by atoms with E-state index in [1.165, 1.54) is 18.2 Å². The van der Waals surface area contributed by atoms with Gasteiger partial charge in [0.2, 0.25) is 0 Å². The Balaban J connectivity index is 2.33. The Morgan fingerprint density at radius 2 is 2.10 bits per heavy atom. The van der Waals surface area contributed by atoms with Crippen molar-refractivity contribution in [3.8, 4) is 5.75 Å². The summed E-state index contributed by atoms with van der Waals surface area (Å²) in [5.74, 6) is -0.0233. The molecule has 1 aliphatic carbocycles. The molecule has 116 valence electrons. The van der Waals surface area contributed by atoms with Gasteiger partial charge in [-0.3, -0.25) is 10.1 Å². The maximum atomic E-state index is 13.0. The quantitative estimate of drug-likeness (QED) is 0.639. The molecule has 1 aromatic carbocycles. The van der Waals surface area contributed by atoms with Crippen molar-refractivity contribution in [1.82, 2.24) is 0 Å². The number of hydrogen-bond donors (Lipinski definition) is 1. The lowest BCUT2D eigenvalue weighted by Crippen LogP contribution is -2.38. The topological polar surface area (TPSA) is 64.4 Å². The zero-order valence-electron chi connectivity index (χ0n) is 11.4. The average molecular weight is 304 g/mol. The number of benzene rings is 1. The summed E-state index contributed by atoms with van der Waals surface area (Å²) in [7, 11) is 0. The van der Waals surface area contributed by atoms with Crippen molar-refractivity contribution in [2.75, 3.05) is 11.9 Å². The third-order valence-corrected chi connectivity index (χ3v) is 3.31. The third-order valence-electron chi connectivity index (χ3n) is 3.31. The lowest BCUT2D eigenvalue weighted by Gasteiger charge is -2.22. The molecule has 1 aromatic rings. The summed E-state index contributed by atoms with van der Waals surface area (Å²) in [5, 5.41) is 13.5. The molecule has 1 aliphatic rings. The Labute approximate surface area is 119 Å². The highest BCUT2D eigenvalue weighted by atomic mass is 19.4. The molecule has 0 aliphatic heterocycles. The fraction of sp³-hybridized carbons (Fsp3) is 0.538. The summed E-state index contributed by atoms with van der Waals surface area (Å²) < 4.78 is 44.1. The zero-order valence-corrected chi connectivity index (χ0v) is 11.4. The number of nitrogens with one attached hydrogen (secondary N) is 1. The van der Waals surface area contributed by atoms with Crippen LogP contribution in [0.15, 0.2) is 18.2 Å². The van der Waals surface area contributed by atoms with Crippen LogP contribution in [0.5, 0.6) is 5.75 Å². The van der Waals surface area contributed by atoms with E-state index < -0.39 is 22.3 Å². The Hall–Kier alpha value is -1.99. The Kier molecular flexibility index (Phi) is 3.97. The van der Waals surface area contributed by atoms with Crippen LogP contribution in [0.3, 0.4) is 0 Å². The number of anilines is 1. The van der Waals surface area contributed by atoms with E-state index in [0.29, 0.717) is 6.42 Å². The van der Waals surface area contributed by atoms with Crippen molar-refractivity contribution < 1.29 is 22.8 Å². The molecule has 1 saturated carbocycles. The maximum absolute atomic E-state index is 13.0. The Morgan fingerprint density at radius 3 is 2.57 bits per heavy atom. The van der Waals surface area contributed by atoms with Crippen LogP contribution >= 0.6 is 0 Å². The van der Waals surface area contributed by atoms with Gasteiger partial charge in [-0.25, -0.2) is 0 Å². The molecule has 1 fully saturated rings. The van der Waals surface area contributed by atoms with E-state index in [1.54, 1.807) is 0 Å². The van der Waals surface area contributed by atoms with Crippen molar-refractivity contribution in [2.45, 2.75) is 37.9 Å². The van der Waals surface area contributed by atoms with Crippen LogP contribution in [-0.4, -0.2) is 23.2 Å². The van der Waals surface area contributed by atoms with Crippen LogP contribution in [-0.2, 0) is 0 Å². The number of halogens is 3. The number of rotatable bonds is 6. The van der Waals surface area contributed by atoms with Gasteiger partial charge < -0.3 is 10.1 Å².